The molecular weight excluding hydrogens is 300 g/mol. The molecule has 0 aliphatic heterocycles. The number of unbranched alkanes of at least 4 members (excludes halogenated alkanes) is 1. The van der Waals surface area contributed by atoms with E-state index >= 15 is 0 Å². The van der Waals surface area contributed by atoms with E-state index in [9.17, 15) is 9.59 Å². The Kier molecular flexibility index (Phi) is 7.44. The van der Waals surface area contributed by atoms with Gasteiger partial charge in [0.1, 0.15) is 0 Å². The van der Waals surface area contributed by atoms with Crippen LogP contribution in [0.4, 0.5) is 0 Å². The molecule has 1 saturated carbocycles. The minimum absolute atomic E-state index is 0.0340. The van der Waals surface area contributed by atoms with Crippen LogP contribution in [0.5, 0.6) is 0 Å². The molecule has 0 heterocycles. The standard InChI is InChI=1S/C20H30N2O2/c1-2-3-5-15-8-10-16(11-9-15)19(23)12-13-20(24)22-18-7-4-6-17(18)14-21/h8-11,17-18H,2-7,12-14,21H2,1H3,(H,22,24). The van der Waals surface area contributed by atoms with Crippen molar-refractivity contribution in [3.05, 3.63) is 35.4 Å². The molecule has 1 amide bonds. The summed E-state index contributed by atoms with van der Waals surface area (Å²) in [5, 5.41) is 3.05. The van der Waals surface area contributed by atoms with Gasteiger partial charge in [-0.15, -0.1) is 0 Å². The van der Waals surface area contributed by atoms with Gasteiger partial charge in [0.05, 0.1) is 0 Å². The maximum Gasteiger partial charge on any atom is 0.220 e. The van der Waals surface area contributed by atoms with Crippen molar-refractivity contribution in [3.63, 3.8) is 0 Å². The zero-order valence-electron chi connectivity index (χ0n) is 14.7. The lowest BCUT2D eigenvalue weighted by atomic mass is 10.0. The predicted molar refractivity (Wildman–Crippen MR) is 96.9 cm³/mol. The van der Waals surface area contributed by atoms with Gasteiger partial charge in [-0.25, -0.2) is 0 Å². The first-order chi connectivity index (χ1) is 11.6. The van der Waals surface area contributed by atoms with Crippen molar-refractivity contribution in [2.75, 3.05) is 6.54 Å². The quantitative estimate of drug-likeness (QED) is 0.683. The average molecular weight is 330 g/mol. The van der Waals surface area contributed by atoms with Crippen LogP contribution in [0.15, 0.2) is 24.3 Å². The fourth-order valence-corrected chi connectivity index (χ4v) is 3.40. The Balaban J connectivity index is 1.76. The van der Waals surface area contributed by atoms with Gasteiger partial charge in [0.25, 0.3) is 0 Å². The molecule has 3 N–H and O–H groups in total. The number of Topliss-reactive ketones (excluding diaryl/α,β-unsaturated/α-hetero) is 1. The van der Waals surface area contributed by atoms with Gasteiger partial charge in [0.2, 0.25) is 5.91 Å². The van der Waals surface area contributed by atoms with Gasteiger partial charge in [-0.05, 0) is 43.7 Å². The summed E-state index contributed by atoms with van der Waals surface area (Å²) < 4.78 is 0. The third kappa shape index (κ3) is 5.45. The third-order valence-corrected chi connectivity index (χ3v) is 4.98. The SMILES string of the molecule is CCCCc1ccc(C(=O)CCC(=O)NC2CCCC2CN)cc1. The van der Waals surface area contributed by atoms with Gasteiger partial charge in [-0.2, -0.15) is 0 Å². The summed E-state index contributed by atoms with van der Waals surface area (Å²) in [6, 6.07) is 8.00. The van der Waals surface area contributed by atoms with E-state index < -0.39 is 0 Å². The van der Waals surface area contributed by atoms with Gasteiger partial charge < -0.3 is 11.1 Å². The Morgan fingerprint density at radius 2 is 1.92 bits per heavy atom. The minimum atomic E-state index is -0.0340. The van der Waals surface area contributed by atoms with Crippen molar-refractivity contribution in [1.29, 1.82) is 0 Å². The van der Waals surface area contributed by atoms with Crippen molar-refractivity contribution in [1.82, 2.24) is 5.32 Å². The summed E-state index contributed by atoms with van der Waals surface area (Å²) in [5.41, 5.74) is 7.70. The molecule has 1 aromatic rings. The van der Waals surface area contributed by atoms with Crippen LogP contribution in [0.2, 0.25) is 0 Å². The molecule has 1 fully saturated rings. The molecule has 2 atom stereocenters. The topological polar surface area (TPSA) is 72.2 Å². The average Bonchev–Trinajstić information content (AvgIpc) is 3.05. The molecule has 0 aromatic heterocycles. The van der Waals surface area contributed by atoms with Crippen LogP contribution in [-0.4, -0.2) is 24.3 Å². The highest BCUT2D eigenvalue weighted by atomic mass is 16.2. The first-order valence-electron chi connectivity index (χ1n) is 9.25. The molecule has 0 spiro atoms. The number of benzene rings is 1. The van der Waals surface area contributed by atoms with E-state index in [0.717, 1.165) is 25.7 Å². The highest BCUT2D eigenvalue weighted by Crippen LogP contribution is 2.24. The van der Waals surface area contributed by atoms with Gasteiger partial charge >= 0.3 is 0 Å². The van der Waals surface area contributed by atoms with Gasteiger partial charge in [0.15, 0.2) is 5.78 Å². The lowest BCUT2D eigenvalue weighted by Gasteiger charge is -2.19. The molecule has 4 nitrogen and oxygen atoms in total. The molecular formula is C20H30N2O2. The normalized spacial score (nSPS) is 20.1. The van der Waals surface area contributed by atoms with Gasteiger partial charge in [0, 0.05) is 24.4 Å². The number of nitrogens with one attached hydrogen (secondary N) is 1. The van der Waals surface area contributed by atoms with E-state index in [-0.39, 0.29) is 30.6 Å². The van der Waals surface area contributed by atoms with Crippen LogP contribution in [0.3, 0.4) is 0 Å². The van der Waals surface area contributed by atoms with Crippen LogP contribution < -0.4 is 11.1 Å². The predicted octanol–water partition coefficient (Wildman–Crippen LogP) is 3.24. The fraction of sp³-hybridized carbons (Fsp3) is 0.600. The second kappa shape index (κ2) is 9.58. The summed E-state index contributed by atoms with van der Waals surface area (Å²) in [4.78, 5) is 24.3. The number of aryl methyl sites for hydroxylation is 1. The molecule has 0 saturated heterocycles. The highest BCUT2D eigenvalue weighted by molar-refractivity contribution is 5.98. The van der Waals surface area contributed by atoms with E-state index in [2.05, 4.69) is 12.2 Å². The first-order valence-corrected chi connectivity index (χ1v) is 9.25. The monoisotopic (exact) mass is 330 g/mol. The van der Waals surface area contributed by atoms with E-state index in [1.54, 1.807) is 0 Å². The van der Waals surface area contributed by atoms with Crippen LogP contribution in [0.1, 0.15) is 67.8 Å². The molecule has 132 valence electrons. The Hall–Kier alpha value is -1.68. The molecule has 2 unspecified atom stereocenters. The zero-order valence-corrected chi connectivity index (χ0v) is 14.7. The molecule has 0 radical (unpaired) electrons. The van der Waals surface area contributed by atoms with Crippen LogP contribution in [0.25, 0.3) is 0 Å². The summed E-state index contributed by atoms with van der Waals surface area (Å²) in [6.45, 7) is 2.79. The number of nitrogens with two attached hydrogens (primary N) is 1. The number of hydrogen-bond donors (Lipinski definition) is 2. The fourth-order valence-electron chi connectivity index (χ4n) is 3.40. The number of carbonyl (C=O) groups is 2. The van der Waals surface area contributed by atoms with Crippen molar-refractivity contribution in [2.24, 2.45) is 11.7 Å². The summed E-state index contributed by atoms with van der Waals surface area (Å²) >= 11 is 0. The largest absolute Gasteiger partial charge is 0.353 e. The summed E-state index contributed by atoms with van der Waals surface area (Å²) in [5.74, 6) is 0.391. The molecule has 1 aliphatic rings. The van der Waals surface area contributed by atoms with Crippen LogP contribution in [0, 0.1) is 5.92 Å². The molecule has 0 bridgehead atoms. The number of rotatable bonds is 9. The van der Waals surface area contributed by atoms with Crippen LogP contribution >= 0.6 is 0 Å². The van der Waals surface area contributed by atoms with Crippen LogP contribution in [-0.2, 0) is 11.2 Å². The molecule has 4 heteroatoms. The van der Waals surface area contributed by atoms with E-state index in [1.165, 1.54) is 18.4 Å². The van der Waals surface area contributed by atoms with Crippen molar-refractivity contribution in [3.8, 4) is 0 Å². The maximum absolute atomic E-state index is 12.2. The zero-order chi connectivity index (χ0) is 17.4. The molecule has 1 aliphatic carbocycles. The van der Waals surface area contributed by atoms with Crippen molar-refractivity contribution in [2.45, 2.75) is 64.3 Å². The Morgan fingerprint density at radius 1 is 1.17 bits per heavy atom. The Bertz CT molecular complexity index is 539. The first kappa shape index (κ1) is 18.7. The second-order valence-electron chi connectivity index (χ2n) is 6.82. The molecule has 24 heavy (non-hydrogen) atoms. The lowest BCUT2D eigenvalue weighted by Crippen LogP contribution is -2.39. The highest BCUT2D eigenvalue weighted by Gasteiger charge is 2.27. The van der Waals surface area contributed by atoms with Gasteiger partial charge in [-0.3, -0.25) is 9.59 Å². The molecule has 2 rings (SSSR count). The van der Waals surface area contributed by atoms with E-state index in [0.29, 0.717) is 18.0 Å². The maximum atomic E-state index is 12.2. The summed E-state index contributed by atoms with van der Waals surface area (Å²) in [7, 11) is 0. The summed E-state index contributed by atoms with van der Waals surface area (Å²) in [6.07, 6.45) is 7.11. The van der Waals surface area contributed by atoms with E-state index in [4.69, 9.17) is 5.73 Å². The number of carbonyl (C=O) groups excluding carboxylic acids is 2. The van der Waals surface area contributed by atoms with E-state index in [1.807, 2.05) is 24.3 Å². The third-order valence-electron chi connectivity index (χ3n) is 4.98. The Labute approximate surface area is 145 Å². The van der Waals surface area contributed by atoms with Crippen molar-refractivity contribution >= 4 is 11.7 Å². The number of amides is 1. The Morgan fingerprint density at radius 3 is 2.58 bits per heavy atom. The number of ketones is 1. The smallest absolute Gasteiger partial charge is 0.220 e. The second-order valence-corrected chi connectivity index (χ2v) is 6.82. The van der Waals surface area contributed by atoms with Crippen molar-refractivity contribution < 1.29 is 9.59 Å². The lowest BCUT2D eigenvalue weighted by molar-refractivity contribution is -0.122. The number of hydrogen-bond acceptors (Lipinski definition) is 3. The van der Waals surface area contributed by atoms with Gasteiger partial charge in [-0.1, -0.05) is 44.0 Å². The molecule has 1 aromatic carbocycles. The minimum Gasteiger partial charge on any atom is -0.353 e.